The lowest BCUT2D eigenvalue weighted by Gasteiger charge is -2.22. The first-order valence-electron chi connectivity index (χ1n) is 7.00. The van der Waals surface area contributed by atoms with Crippen molar-refractivity contribution in [3.05, 3.63) is 29.7 Å². The van der Waals surface area contributed by atoms with E-state index in [9.17, 15) is 0 Å². The fourth-order valence-corrected chi connectivity index (χ4v) is 2.51. The highest BCUT2D eigenvalue weighted by atomic mass is 16.5. The molecule has 102 valence electrons. The Morgan fingerprint density at radius 1 is 1.37 bits per heavy atom. The van der Waals surface area contributed by atoms with Crippen LogP contribution in [0.2, 0.25) is 0 Å². The quantitative estimate of drug-likeness (QED) is 0.917. The summed E-state index contributed by atoms with van der Waals surface area (Å²) in [6.45, 7) is 4.87. The lowest BCUT2D eigenvalue weighted by molar-refractivity contribution is 0.0328. The van der Waals surface area contributed by atoms with Crippen molar-refractivity contribution in [2.24, 2.45) is 0 Å². The maximum Gasteiger partial charge on any atom is 0.197 e. The van der Waals surface area contributed by atoms with E-state index < -0.39 is 0 Å². The second-order valence-electron chi connectivity index (χ2n) is 5.10. The number of nitrogens with one attached hydrogen (secondary N) is 1. The van der Waals surface area contributed by atoms with Gasteiger partial charge in [0.25, 0.3) is 0 Å². The summed E-state index contributed by atoms with van der Waals surface area (Å²) < 4.78 is 11.6. The van der Waals surface area contributed by atoms with Crippen molar-refractivity contribution in [1.82, 2.24) is 10.3 Å². The number of aryl methyl sites for hydroxylation is 1. The number of nitrogens with zero attached hydrogens (tertiary/aromatic N) is 1. The number of hydrogen-bond acceptors (Lipinski definition) is 4. The number of rotatable bonds is 4. The Morgan fingerprint density at radius 3 is 3.00 bits per heavy atom. The minimum absolute atomic E-state index is 0.396. The van der Waals surface area contributed by atoms with Crippen LogP contribution in [-0.2, 0) is 11.2 Å². The summed E-state index contributed by atoms with van der Waals surface area (Å²) in [5.74, 6) is 0.776. The molecule has 0 bridgehead atoms. The zero-order valence-electron chi connectivity index (χ0n) is 11.3. The topological polar surface area (TPSA) is 47.3 Å². The van der Waals surface area contributed by atoms with Crippen LogP contribution in [0.25, 0.3) is 11.1 Å². The first kappa shape index (κ1) is 12.6. The Morgan fingerprint density at radius 2 is 2.21 bits per heavy atom. The van der Waals surface area contributed by atoms with Gasteiger partial charge in [-0.25, -0.2) is 4.98 Å². The molecule has 4 nitrogen and oxygen atoms in total. The normalized spacial score (nSPS) is 17.1. The predicted octanol–water partition coefficient (Wildman–Crippen LogP) is 2.45. The van der Waals surface area contributed by atoms with E-state index in [2.05, 4.69) is 23.3 Å². The van der Waals surface area contributed by atoms with E-state index in [-0.39, 0.29) is 0 Å². The predicted molar refractivity (Wildman–Crippen MR) is 74.3 cm³/mol. The molecule has 1 fully saturated rings. The van der Waals surface area contributed by atoms with E-state index >= 15 is 0 Å². The molecule has 19 heavy (non-hydrogen) atoms. The highest BCUT2D eigenvalue weighted by Crippen LogP contribution is 2.19. The minimum Gasteiger partial charge on any atom is -0.441 e. The molecule has 1 aromatic heterocycles. The molecule has 0 atom stereocenters. The van der Waals surface area contributed by atoms with Crippen molar-refractivity contribution in [3.63, 3.8) is 0 Å². The molecule has 0 spiro atoms. The summed E-state index contributed by atoms with van der Waals surface area (Å²) in [5, 5.41) is 3.34. The molecular weight excluding hydrogens is 240 g/mol. The molecular formula is C15H20N2O2. The maximum absolute atomic E-state index is 5.87. The van der Waals surface area contributed by atoms with Gasteiger partial charge >= 0.3 is 0 Å². The number of oxazole rings is 1. The van der Waals surface area contributed by atoms with Crippen molar-refractivity contribution < 1.29 is 9.15 Å². The van der Waals surface area contributed by atoms with Crippen molar-refractivity contribution in [1.29, 1.82) is 0 Å². The Kier molecular flexibility index (Phi) is 3.80. The number of piperidine rings is 1. The van der Waals surface area contributed by atoms with Crippen molar-refractivity contribution in [2.75, 3.05) is 19.7 Å². The van der Waals surface area contributed by atoms with Crippen LogP contribution in [0.4, 0.5) is 0 Å². The Bertz CT molecular complexity index is 544. The van der Waals surface area contributed by atoms with Gasteiger partial charge in [0, 0.05) is 6.42 Å². The second-order valence-corrected chi connectivity index (χ2v) is 5.10. The number of aromatic nitrogens is 1. The fourth-order valence-electron chi connectivity index (χ4n) is 2.51. The highest BCUT2D eigenvalue weighted by Gasteiger charge is 2.14. The lowest BCUT2D eigenvalue weighted by Crippen LogP contribution is -2.32. The van der Waals surface area contributed by atoms with Crippen LogP contribution in [0.1, 0.15) is 24.3 Å². The zero-order chi connectivity index (χ0) is 13.1. The van der Waals surface area contributed by atoms with Gasteiger partial charge in [-0.2, -0.15) is 0 Å². The lowest BCUT2D eigenvalue weighted by atomic mass is 10.1. The van der Waals surface area contributed by atoms with Crippen LogP contribution in [0.5, 0.6) is 0 Å². The molecule has 0 aliphatic carbocycles. The summed E-state index contributed by atoms with van der Waals surface area (Å²) in [7, 11) is 0. The van der Waals surface area contributed by atoms with Gasteiger partial charge in [-0.05, 0) is 44.5 Å². The molecule has 2 aromatic rings. The largest absolute Gasteiger partial charge is 0.441 e. The fraction of sp³-hybridized carbons (Fsp3) is 0.533. The summed E-state index contributed by atoms with van der Waals surface area (Å²) >= 11 is 0. The average molecular weight is 260 g/mol. The van der Waals surface area contributed by atoms with E-state index in [0.29, 0.717) is 12.7 Å². The van der Waals surface area contributed by atoms with E-state index in [0.717, 1.165) is 54.9 Å². The minimum atomic E-state index is 0.396. The van der Waals surface area contributed by atoms with Gasteiger partial charge in [0.2, 0.25) is 0 Å². The summed E-state index contributed by atoms with van der Waals surface area (Å²) in [4.78, 5) is 4.54. The van der Waals surface area contributed by atoms with Gasteiger partial charge in [-0.15, -0.1) is 0 Å². The molecule has 1 saturated heterocycles. The molecule has 1 aliphatic heterocycles. The molecule has 0 saturated carbocycles. The van der Waals surface area contributed by atoms with Crippen LogP contribution in [0.15, 0.2) is 22.6 Å². The third-order valence-corrected chi connectivity index (χ3v) is 3.62. The zero-order valence-corrected chi connectivity index (χ0v) is 11.3. The van der Waals surface area contributed by atoms with Gasteiger partial charge in [0.15, 0.2) is 11.5 Å². The molecule has 1 aliphatic rings. The number of para-hydroxylation sites is 1. The number of hydrogen-bond donors (Lipinski definition) is 1. The molecule has 3 rings (SSSR count). The Hall–Kier alpha value is -1.39. The second kappa shape index (κ2) is 5.72. The Labute approximate surface area is 113 Å². The molecule has 0 amide bonds. The van der Waals surface area contributed by atoms with Crippen molar-refractivity contribution >= 4 is 11.1 Å². The maximum atomic E-state index is 5.87. The first-order valence-corrected chi connectivity index (χ1v) is 7.00. The van der Waals surface area contributed by atoms with Crippen LogP contribution < -0.4 is 5.32 Å². The molecule has 4 heteroatoms. The molecule has 0 radical (unpaired) electrons. The monoisotopic (exact) mass is 260 g/mol. The average Bonchev–Trinajstić information content (AvgIpc) is 2.84. The first-order chi connectivity index (χ1) is 9.33. The summed E-state index contributed by atoms with van der Waals surface area (Å²) in [5.41, 5.74) is 3.00. The van der Waals surface area contributed by atoms with Gasteiger partial charge in [0.1, 0.15) is 5.52 Å². The SMILES string of the molecule is Cc1cccc2oc(CCOC3CCNCC3)nc12. The third-order valence-electron chi connectivity index (χ3n) is 3.62. The van der Waals surface area contributed by atoms with E-state index in [1.165, 1.54) is 0 Å². The van der Waals surface area contributed by atoms with Gasteiger partial charge in [-0.1, -0.05) is 12.1 Å². The smallest absolute Gasteiger partial charge is 0.197 e. The van der Waals surface area contributed by atoms with Gasteiger partial charge in [0.05, 0.1) is 12.7 Å². The van der Waals surface area contributed by atoms with E-state index in [4.69, 9.17) is 9.15 Å². The molecule has 2 heterocycles. The van der Waals surface area contributed by atoms with Crippen LogP contribution in [0, 0.1) is 6.92 Å². The number of fused-ring (bicyclic) bond motifs is 1. The van der Waals surface area contributed by atoms with Crippen LogP contribution >= 0.6 is 0 Å². The van der Waals surface area contributed by atoms with Gasteiger partial charge < -0.3 is 14.5 Å². The van der Waals surface area contributed by atoms with Crippen LogP contribution in [0.3, 0.4) is 0 Å². The van der Waals surface area contributed by atoms with E-state index in [1.54, 1.807) is 0 Å². The molecule has 1 aromatic carbocycles. The van der Waals surface area contributed by atoms with E-state index in [1.807, 2.05) is 12.1 Å². The van der Waals surface area contributed by atoms with Crippen LogP contribution in [-0.4, -0.2) is 30.8 Å². The van der Waals surface area contributed by atoms with Crippen molar-refractivity contribution in [3.8, 4) is 0 Å². The molecule has 0 unspecified atom stereocenters. The number of ether oxygens (including phenoxy) is 1. The number of benzene rings is 1. The van der Waals surface area contributed by atoms with Crippen molar-refractivity contribution in [2.45, 2.75) is 32.3 Å². The highest BCUT2D eigenvalue weighted by molar-refractivity contribution is 5.76. The summed E-state index contributed by atoms with van der Waals surface area (Å²) in [6.07, 6.45) is 3.35. The Balaban J connectivity index is 1.57. The standard InChI is InChI=1S/C15H20N2O2/c1-11-3-2-4-13-15(11)17-14(19-13)7-10-18-12-5-8-16-9-6-12/h2-4,12,16H,5-10H2,1H3. The third kappa shape index (κ3) is 2.96. The summed E-state index contributed by atoms with van der Waals surface area (Å²) in [6, 6.07) is 6.02. The molecule has 1 N–H and O–H groups in total. The van der Waals surface area contributed by atoms with Gasteiger partial charge in [-0.3, -0.25) is 0 Å².